The summed E-state index contributed by atoms with van der Waals surface area (Å²) in [7, 11) is -0.337. The lowest BCUT2D eigenvalue weighted by atomic mass is 9.33. The van der Waals surface area contributed by atoms with Crippen molar-refractivity contribution < 1.29 is 99.3 Å². The number of rotatable bonds is 32. The molecular weight excluding hydrogens is 1640 g/mol. The Morgan fingerprint density at radius 3 is 1.77 bits per heavy atom. The van der Waals surface area contributed by atoms with Crippen LogP contribution in [-0.2, 0) is 119 Å². The van der Waals surface area contributed by atoms with Gasteiger partial charge in [-0.05, 0) is 190 Å². The quantitative estimate of drug-likeness (QED) is 0.0265. The zero-order valence-corrected chi connectivity index (χ0v) is 82.7. The topological polar surface area (TPSA) is 236 Å². The summed E-state index contributed by atoms with van der Waals surface area (Å²) >= 11 is 0. The molecule has 0 aromatic heterocycles. The molecule has 12 aliphatic rings. The van der Waals surface area contributed by atoms with Crippen molar-refractivity contribution in [3.8, 4) is 0 Å². The number of Topliss-reactive ketones (excluding diaryl/α,β-unsaturated/α-hetero) is 1. The molecule has 7 saturated heterocycles. The Kier molecular flexibility index (Phi) is 30.9. The fourth-order valence-corrected chi connectivity index (χ4v) is 29.4. The molecule has 38 atom stereocenters. The molecule has 7 aliphatic heterocycles. The first-order valence-corrected chi connectivity index (χ1v) is 52.2. The van der Waals surface area contributed by atoms with Crippen molar-refractivity contribution in [1.29, 1.82) is 0 Å². The number of nitrogens with two attached hydrogens (primary N) is 1. The highest BCUT2D eigenvalue weighted by Crippen LogP contribution is 2.76. The Morgan fingerprint density at radius 2 is 1.13 bits per heavy atom. The van der Waals surface area contributed by atoms with Gasteiger partial charge in [0.15, 0.2) is 57.6 Å². The molecule has 3 aromatic carbocycles. The van der Waals surface area contributed by atoms with Gasteiger partial charge in [-0.25, -0.2) is 0 Å². The third-order valence-corrected chi connectivity index (χ3v) is 40.3. The fourth-order valence-electron chi connectivity index (χ4n) is 26.5. The average Bonchev–Trinajstić information content (AvgIpc) is 0.757. The van der Waals surface area contributed by atoms with Gasteiger partial charge in [0, 0.05) is 42.2 Å². The van der Waals surface area contributed by atoms with E-state index >= 15 is 0 Å². The van der Waals surface area contributed by atoms with Crippen LogP contribution >= 0.6 is 0 Å². The number of aldehydes is 1. The molecule has 0 spiro atoms. The van der Waals surface area contributed by atoms with Crippen LogP contribution in [0.3, 0.4) is 0 Å². The van der Waals surface area contributed by atoms with Crippen molar-refractivity contribution in [1.82, 2.24) is 0 Å². The molecule has 7 heterocycles. The van der Waals surface area contributed by atoms with Crippen LogP contribution in [0.4, 0.5) is 0 Å². The number of benzene rings is 3. The third kappa shape index (κ3) is 19.1. The second-order valence-corrected chi connectivity index (χ2v) is 48.7. The van der Waals surface area contributed by atoms with Crippen LogP contribution in [0.1, 0.15) is 233 Å². The summed E-state index contributed by atoms with van der Waals surface area (Å²) in [4.78, 5) is 29.2. The first kappa shape index (κ1) is 98.7. The molecule has 15 rings (SSSR count). The van der Waals surface area contributed by atoms with Crippen LogP contribution in [0.2, 0.25) is 18.1 Å². The Morgan fingerprint density at radius 1 is 0.531 bits per heavy atom. The monoisotopic (exact) mass is 1800 g/mol. The molecule has 716 valence electrons. The van der Waals surface area contributed by atoms with Crippen molar-refractivity contribution in [3.63, 3.8) is 0 Å². The number of allylic oxidation sites excluding steroid dienone is 2. The molecule has 0 amide bonds. The second kappa shape index (κ2) is 40.1. The van der Waals surface area contributed by atoms with Gasteiger partial charge in [-0.15, -0.1) is 0 Å². The van der Waals surface area contributed by atoms with Gasteiger partial charge in [-0.3, -0.25) is 4.79 Å². The SMILES string of the molecule is CCC1O[C@@H](OC2[C@H](O[C@H]3CCC4(C)C5CC=C6C7CC(C)(C)CC[C@]7(CO[C@@H]7OC(COCc8ccccc8)[C@H](N)C(C)C7O[C@@H]7OC(C)[C@H](O[C@@H]8OC[C@@H](OCc9ccccc9)C(OCc9ccccc9)C8C)C8OC(C)(C)OC87)C(OC)C[C@@]6(C)[C@@]5(C)CC[C@H]4[C@@]3(C)C=O)OC(C(C)=O)[C@@H](C)[C@@H]2O[C@@H]2OC[C@@H](C)[C@@H](C)C2C)C(O[Si](CC)(CC)CC)[C@@H](C)[C@@H]1C. The molecule has 0 bridgehead atoms. The molecule has 5 aliphatic carbocycles. The maximum absolute atomic E-state index is 15.0. The van der Waals surface area contributed by atoms with Gasteiger partial charge in [0.1, 0.15) is 49.0 Å². The molecule has 2 N–H and O–H groups in total. The smallest absolute Gasteiger partial charge is 0.192 e. The summed E-state index contributed by atoms with van der Waals surface area (Å²) in [5, 5.41) is 0. The third-order valence-electron chi connectivity index (χ3n) is 35.6. The van der Waals surface area contributed by atoms with Crippen molar-refractivity contribution in [2.45, 2.75) is 396 Å². The van der Waals surface area contributed by atoms with E-state index in [0.29, 0.717) is 51.3 Å². The first-order valence-electron chi connectivity index (χ1n) is 49.6. The van der Waals surface area contributed by atoms with Crippen molar-refractivity contribution >= 4 is 20.4 Å². The molecule has 3 aromatic rings. The molecule has 17 unspecified atom stereocenters. The summed E-state index contributed by atoms with van der Waals surface area (Å²) in [6.45, 7) is 51.2. The molecule has 11 fully saturated rings. The lowest BCUT2D eigenvalue weighted by Crippen LogP contribution is -2.68. The molecule has 23 heteroatoms. The minimum Gasteiger partial charge on any atom is -0.408 e. The van der Waals surface area contributed by atoms with E-state index in [2.05, 4.69) is 160 Å². The van der Waals surface area contributed by atoms with Gasteiger partial charge in [-0.1, -0.05) is 227 Å². The van der Waals surface area contributed by atoms with Gasteiger partial charge >= 0.3 is 0 Å². The van der Waals surface area contributed by atoms with Crippen LogP contribution in [0, 0.1) is 97.6 Å². The van der Waals surface area contributed by atoms with E-state index < -0.39 is 136 Å². The number of ether oxygens (including phenoxy) is 18. The van der Waals surface area contributed by atoms with Crippen LogP contribution in [0.5, 0.6) is 0 Å². The predicted octanol–water partition coefficient (Wildman–Crippen LogP) is 18.9. The first-order chi connectivity index (χ1) is 61.0. The van der Waals surface area contributed by atoms with Crippen molar-refractivity contribution in [2.24, 2.45) is 103 Å². The Labute approximate surface area is 767 Å². The number of fused-ring (bicyclic) bond motifs is 8. The Bertz CT molecular complexity index is 4140. The minimum absolute atomic E-state index is 0.00427. The van der Waals surface area contributed by atoms with Gasteiger partial charge in [0.2, 0.25) is 0 Å². The lowest BCUT2D eigenvalue weighted by molar-refractivity contribution is -0.376. The largest absolute Gasteiger partial charge is 0.408 e. The molecule has 128 heavy (non-hydrogen) atoms. The summed E-state index contributed by atoms with van der Waals surface area (Å²) < 4.78 is 136. The van der Waals surface area contributed by atoms with Crippen molar-refractivity contribution in [2.75, 3.05) is 33.5 Å². The standard InChI is InChI=1S/C105H161NO21Si/c1-24-76-63(7)64(8)88(127-128(25-2,26-3)27-4)96(117-76)124-91-86(121-93-65(9)62(6)61(5)53-113-93)67(11)84(69(13)108)120-97(91)119-81-46-47-101(19)79(102(81,20)59-107)45-48-103(21)80(101)44-43-74-75-51-99(15,16)49-50-105(75,82(109-23)52-104(74,103)22)60-115-95-87(66(10)83(106)77(118-95)57-110-54-71-37-31-28-32-38-71)122-98-92-90(125-100(17,18)126-92)89(70(14)116-98)123-94-68(12)85(112-56-73-41-35-30-36-42-73)78(58-114-94)111-55-72-39-33-29-34-40-72/h28-43,59,61-68,70,75-98H,24-27,44-58,60,106H2,1-23H3/t61-,62-,63+,64+,65?,66?,67-,68?,70?,75?,76?,77?,78-,79-,80?,81+,82?,83-,84?,85?,86+,87?,88?,89+,90?,91?,92?,93+,94+,95-,96+,97-,98+,101?,102-,103+,104-,105-/m1/s1. The van der Waals surface area contributed by atoms with E-state index in [1.807, 2.05) is 89.4 Å². The van der Waals surface area contributed by atoms with Crippen LogP contribution in [0.15, 0.2) is 103 Å². The number of ketones is 1. The average molecular weight is 1800 g/mol. The van der Waals surface area contributed by atoms with Crippen molar-refractivity contribution in [3.05, 3.63) is 119 Å². The highest BCUT2D eigenvalue weighted by molar-refractivity contribution is 6.73. The minimum atomic E-state index is -2.25. The van der Waals surface area contributed by atoms with Gasteiger partial charge in [0.25, 0.3) is 0 Å². The zero-order valence-electron chi connectivity index (χ0n) is 81.7. The molecule has 0 radical (unpaired) electrons. The fraction of sp³-hybridized carbons (Fsp3) is 0.790. The zero-order chi connectivity index (χ0) is 91.5. The molecule has 4 saturated carbocycles. The van der Waals surface area contributed by atoms with Gasteiger partial charge in [0.05, 0.1) is 100 Å². The summed E-state index contributed by atoms with van der Waals surface area (Å²) in [6, 6.07) is 32.9. The molecular formula is C105H161NO21Si. The van der Waals surface area contributed by atoms with E-state index in [1.165, 1.54) is 11.9 Å². The number of carbonyl (C=O) groups is 2. The summed E-state index contributed by atoms with van der Waals surface area (Å²) in [5.74, 6) is -1.08. The molecule has 22 nitrogen and oxygen atoms in total. The number of carbonyl (C=O) groups excluding carboxylic acids is 2. The van der Waals surface area contributed by atoms with Gasteiger partial charge in [-0.2, -0.15) is 0 Å². The highest BCUT2D eigenvalue weighted by Gasteiger charge is 2.72. The second-order valence-electron chi connectivity index (χ2n) is 43.9. The highest BCUT2D eigenvalue weighted by atomic mass is 28.4. The number of hydrogen-bond donors (Lipinski definition) is 1. The van der Waals surface area contributed by atoms with Crippen LogP contribution < -0.4 is 5.73 Å². The van der Waals surface area contributed by atoms with E-state index in [4.69, 9.17) is 95.4 Å². The van der Waals surface area contributed by atoms with Crippen LogP contribution in [-0.4, -0.2) is 195 Å². The normalized spacial score (nSPS) is 45.2. The van der Waals surface area contributed by atoms with Crippen LogP contribution in [0.25, 0.3) is 0 Å². The summed E-state index contributed by atoms with van der Waals surface area (Å²) in [6.07, 6.45) is -1.44. The van der Waals surface area contributed by atoms with E-state index in [1.54, 1.807) is 6.92 Å². The van der Waals surface area contributed by atoms with E-state index in [9.17, 15) is 9.59 Å². The van der Waals surface area contributed by atoms with Gasteiger partial charge < -0.3 is 100 Å². The lowest BCUT2D eigenvalue weighted by Gasteiger charge is -2.72. The predicted molar refractivity (Wildman–Crippen MR) is 490 cm³/mol. The maximum atomic E-state index is 15.0. The Balaban J connectivity index is 0.701. The number of hydrogen-bond acceptors (Lipinski definition) is 22. The summed E-state index contributed by atoms with van der Waals surface area (Å²) in [5.41, 5.74) is 9.81. The number of methoxy groups -OCH3 is 1. The van der Waals surface area contributed by atoms with E-state index in [-0.39, 0.29) is 119 Å². The maximum Gasteiger partial charge on any atom is 0.192 e. The Hall–Kier alpha value is -3.84. The van der Waals surface area contributed by atoms with E-state index in [0.717, 1.165) is 92.6 Å².